The molecule has 1 aliphatic rings. The zero-order chi connectivity index (χ0) is 17.5. The highest BCUT2D eigenvalue weighted by molar-refractivity contribution is 5.31. The van der Waals surface area contributed by atoms with Gasteiger partial charge >= 0.3 is 0 Å². The van der Waals surface area contributed by atoms with Gasteiger partial charge in [-0.25, -0.2) is 8.78 Å². The van der Waals surface area contributed by atoms with Crippen molar-refractivity contribution in [1.82, 2.24) is 0 Å². The molecule has 0 aliphatic carbocycles. The molecule has 5 heteroatoms. The van der Waals surface area contributed by atoms with Crippen LogP contribution in [0.15, 0.2) is 24.0 Å². The predicted octanol–water partition coefficient (Wildman–Crippen LogP) is 5.35. The number of aryl methyl sites for hydroxylation is 1. The minimum Gasteiger partial charge on any atom is -0.490 e. The SMILES string of the molecule is CCCOc1ccc(CCC2CCC(C=C(C)F)OC2)c(F)c1F. The summed E-state index contributed by atoms with van der Waals surface area (Å²) in [5, 5.41) is 0. The Hall–Kier alpha value is -1.49. The molecule has 134 valence electrons. The number of allylic oxidation sites excluding steroid dienone is 1. The Bertz CT molecular complexity index is 560. The summed E-state index contributed by atoms with van der Waals surface area (Å²) >= 11 is 0. The van der Waals surface area contributed by atoms with Crippen molar-refractivity contribution in [3.8, 4) is 5.75 Å². The summed E-state index contributed by atoms with van der Waals surface area (Å²) in [5.41, 5.74) is 0.359. The Kier molecular flexibility index (Phi) is 7.16. The third kappa shape index (κ3) is 5.26. The van der Waals surface area contributed by atoms with Gasteiger partial charge in [0, 0.05) is 0 Å². The molecule has 1 aromatic carbocycles. The van der Waals surface area contributed by atoms with E-state index in [1.54, 1.807) is 6.07 Å². The summed E-state index contributed by atoms with van der Waals surface area (Å²) in [5.74, 6) is -1.72. The van der Waals surface area contributed by atoms with E-state index < -0.39 is 11.6 Å². The number of benzene rings is 1. The summed E-state index contributed by atoms with van der Waals surface area (Å²) < 4.78 is 51.7. The maximum Gasteiger partial charge on any atom is 0.200 e. The Labute approximate surface area is 141 Å². The first kappa shape index (κ1) is 18.8. The van der Waals surface area contributed by atoms with Crippen LogP contribution in [0.2, 0.25) is 0 Å². The van der Waals surface area contributed by atoms with E-state index in [4.69, 9.17) is 9.47 Å². The van der Waals surface area contributed by atoms with Crippen LogP contribution in [0.25, 0.3) is 0 Å². The van der Waals surface area contributed by atoms with Crippen molar-refractivity contribution in [3.63, 3.8) is 0 Å². The first-order chi connectivity index (χ1) is 11.5. The average molecular weight is 342 g/mol. The molecule has 2 nitrogen and oxygen atoms in total. The summed E-state index contributed by atoms with van der Waals surface area (Å²) in [6.45, 7) is 4.20. The molecule has 24 heavy (non-hydrogen) atoms. The standard InChI is InChI=1S/C19H25F3O2/c1-3-10-23-17-9-7-15(18(21)19(17)22)6-4-14-5-8-16(24-12-14)11-13(2)20/h7,9,11,14,16H,3-6,8,10,12H2,1-2H3. The van der Waals surface area contributed by atoms with Crippen molar-refractivity contribution in [2.45, 2.75) is 52.1 Å². The lowest BCUT2D eigenvalue weighted by atomic mass is 9.92. The van der Waals surface area contributed by atoms with Crippen LogP contribution < -0.4 is 4.74 Å². The van der Waals surface area contributed by atoms with Crippen LogP contribution in [0.1, 0.15) is 45.1 Å². The summed E-state index contributed by atoms with van der Waals surface area (Å²) in [7, 11) is 0. The lowest BCUT2D eigenvalue weighted by Crippen LogP contribution is -2.25. The molecule has 0 bridgehead atoms. The van der Waals surface area contributed by atoms with E-state index in [-0.39, 0.29) is 23.6 Å². The molecule has 0 spiro atoms. The Morgan fingerprint density at radius 3 is 2.71 bits per heavy atom. The number of hydrogen-bond donors (Lipinski definition) is 0. The van der Waals surface area contributed by atoms with Gasteiger partial charge in [-0.05, 0) is 62.7 Å². The van der Waals surface area contributed by atoms with Crippen LogP contribution in [-0.2, 0) is 11.2 Å². The fourth-order valence-corrected chi connectivity index (χ4v) is 2.89. The molecule has 2 atom stereocenters. The van der Waals surface area contributed by atoms with Crippen LogP contribution in [0, 0.1) is 17.6 Å². The summed E-state index contributed by atoms with van der Waals surface area (Å²) in [6, 6.07) is 3.08. The predicted molar refractivity (Wildman–Crippen MR) is 87.8 cm³/mol. The third-order valence-corrected chi connectivity index (χ3v) is 4.23. The van der Waals surface area contributed by atoms with Gasteiger partial charge < -0.3 is 9.47 Å². The maximum absolute atomic E-state index is 14.1. The smallest absolute Gasteiger partial charge is 0.200 e. The van der Waals surface area contributed by atoms with Crippen LogP contribution in [-0.4, -0.2) is 19.3 Å². The van der Waals surface area contributed by atoms with Crippen molar-refractivity contribution in [1.29, 1.82) is 0 Å². The zero-order valence-electron chi connectivity index (χ0n) is 14.3. The maximum atomic E-state index is 14.1. The molecule has 2 unspecified atom stereocenters. The van der Waals surface area contributed by atoms with E-state index in [1.807, 2.05) is 6.92 Å². The summed E-state index contributed by atoms with van der Waals surface area (Å²) in [4.78, 5) is 0. The largest absolute Gasteiger partial charge is 0.490 e. The monoisotopic (exact) mass is 342 g/mol. The van der Waals surface area contributed by atoms with E-state index in [0.29, 0.717) is 25.2 Å². The molecule has 1 heterocycles. The molecule has 1 fully saturated rings. The van der Waals surface area contributed by atoms with Crippen LogP contribution >= 0.6 is 0 Å². The van der Waals surface area contributed by atoms with Gasteiger partial charge in [-0.1, -0.05) is 13.0 Å². The van der Waals surface area contributed by atoms with E-state index >= 15 is 0 Å². The minimum atomic E-state index is -0.913. The molecule has 0 saturated carbocycles. The summed E-state index contributed by atoms with van der Waals surface area (Å²) in [6.07, 6.45) is 4.88. The molecule has 0 N–H and O–H groups in total. The van der Waals surface area contributed by atoms with Gasteiger partial charge in [0.25, 0.3) is 0 Å². The molecule has 1 aromatic rings. The molecular formula is C19H25F3O2. The van der Waals surface area contributed by atoms with Gasteiger partial charge in [-0.3, -0.25) is 0 Å². The lowest BCUT2D eigenvalue weighted by Gasteiger charge is -2.27. The number of halogens is 3. The lowest BCUT2D eigenvalue weighted by molar-refractivity contribution is 0.00767. The molecule has 2 rings (SSSR count). The molecule has 0 radical (unpaired) electrons. The van der Waals surface area contributed by atoms with Crippen molar-refractivity contribution >= 4 is 0 Å². The van der Waals surface area contributed by atoms with Crippen LogP contribution in [0.5, 0.6) is 5.75 Å². The van der Waals surface area contributed by atoms with Crippen molar-refractivity contribution < 1.29 is 22.6 Å². The van der Waals surface area contributed by atoms with E-state index in [1.165, 1.54) is 19.1 Å². The topological polar surface area (TPSA) is 18.5 Å². The van der Waals surface area contributed by atoms with Gasteiger partial charge in [-0.15, -0.1) is 0 Å². The highest BCUT2D eigenvalue weighted by Crippen LogP contribution is 2.27. The molecule has 1 saturated heterocycles. The minimum absolute atomic E-state index is 0.0321. The Balaban J connectivity index is 1.87. The average Bonchev–Trinajstić information content (AvgIpc) is 2.56. The molecular weight excluding hydrogens is 317 g/mol. The van der Waals surface area contributed by atoms with Gasteiger partial charge in [-0.2, -0.15) is 4.39 Å². The molecule has 1 aliphatic heterocycles. The molecule has 0 amide bonds. The fourth-order valence-electron chi connectivity index (χ4n) is 2.89. The van der Waals surface area contributed by atoms with Crippen LogP contribution in [0.3, 0.4) is 0 Å². The third-order valence-electron chi connectivity index (χ3n) is 4.23. The van der Waals surface area contributed by atoms with Crippen molar-refractivity contribution in [3.05, 3.63) is 41.2 Å². The van der Waals surface area contributed by atoms with Crippen molar-refractivity contribution in [2.75, 3.05) is 13.2 Å². The second-order valence-corrected chi connectivity index (χ2v) is 6.31. The fraction of sp³-hybridized carbons (Fsp3) is 0.579. The van der Waals surface area contributed by atoms with E-state index in [9.17, 15) is 13.2 Å². The first-order valence-corrected chi connectivity index (χ1v) is 8.56. The van der Waals surface area contributed by atoms with E-state index in [0.717, 1.165) is 25.7 Å². The second-order valence-electron chi connectivity index (χ2n) is 6.31. The van der Waals surface area contributed by atoms with Crippen molar-refractivity contribution in [2.24, 2.45) is 5.92 Å². The van der Waals surface area contributed by atoms with Gasteiger partial charge in [0.1, 0.15) is 0 Å². The van der Waals surface area contributed by atoms with Gasteiger partial charge in [0.15, 0.2) is 11.6 Å². The number of ether oxygens (including phenoxy) is 2. The number of hydrogen-bond acceptors (Lipinski definition) is 2. The van der Waals surface area contributed by atoms with E-state index in [2.05, 4.69) is 0 Å². The van der Waals surface area contributed by atoms with Gasteiger partial charge in [0.2, 0.25) is 5.82 Å². The highest BCUT2D eigenvalue weighted by Gasteiger charge is 2.22. The quantitative estimate of drug-likeness (QED) is 0.664. The first-order valence-electron chi connectivity index (χ1n) is 8.56. The zero-order valence-corrected chi connectivity index (χ0v) is 14.3. The van der Waals surface area contributed by atoms with Gasteiger partial charge in [0.05, 0.1) is 25.1 Å². The second kappa shape index (κ2) is 9.11. The highest BCUT2D eigenvalue weighted by atomic mass is 19.2. The van der Waals surface area contributed by atoms with Crippen LogP contribution in [0.4, 0.5) is 13.2 Å². The number of rotatable bonds is 7. The Morgan fingerprint density at radius 2 is 2.08 bits per heavy atom. The Morgan fingerprint density at radius 1 is 1.29 bits per heavy atom. The molecule has 0 aromatic heterocycles. The normalized spacial score (nSPS) is 21.8.